The molecule has 3 amide bonds. The number of nitrogens with two attached hydrogens (primary N) is 1. The summed E-state index contributed by atoms with van der Waals surface area (Å²) in [6, 6.07) is -1.17. The highest BCUT2D eigenvalue weighted by atomic mass is 16.2. The fourth-order valence-corrected chi connectivity index (χ4v) is 3.43. The summed E-state index contributed by atoms with van der Waals surface area (Å²) in [4.78, 5) is 36.3. The van der Waals surface area contributed by atoms with Crippen LogP contribution in [0.2, 0.25) is 0 Å². The number of nitrogens with one attached hydrogen (secondary N) is 3. The van der Waals surface area contributed by atoms with Gasteiger partial charge in [-0.2, -0.15) is 0 Å². The van der Waals surface area contributed by atoms with E-state index in [9.17, 15) is 14.4 Å². The number of carbonyl (C=O) groups is 3. The summed E-state index contributed by atoms with van der Waals surface area (Å²) in [5, 5.41) is 8.02. The molecule has 0 heterocycles. The zero-order chi connectivity index (χ0) is 19.5. The molecular formula is C19H36N4O3. The molecule has 0 bridgehead atoms. The first-order chi connectivity index (χ1) is 12.3. The fraction of sp³-hybridized carbons (Fsp3) is 0.842. The third-order valence-electron chi connectivity index (χ3n) is 4.78. The van der Waals surface area contributed by atoms with E-state index in [1.54, 1.807) is 0 Å². The monoisotopic (exact) mass is 368 g/mol. The van der Waals surface area contributed by atoms with Gasteiger partial charge in [-0.05, 0) is 31.6 Å². The van der Waals surface area contributed by atoms with Crippen LogP contribution in [0.3, 0.4) is 0 Å². The van der Waals surface area contributed by atoms with Crippen LogP contribution in [0, 0.1) is 11.8 Å². The number of likely N-dealkylation sites (N-methyl/N-ethyl adjacent to an activating group) is 1. The van der Waals surface area contributed by atoms with Gasteiger partial charge >= 0.3 is 0 Å². The third kappa shape index (κ3) is 8.65. The molecule has 0 aromatic rings. The van der Waals surface area contributed by atoms with Crippen molar-refractivity contribution < 1.29 is 14.4 Å². The predicted octanol–water partition coefficient (Wildman–Crippen LogP) is 1.07. The van der Waals surface area contributed by atoms with Crippen LogP contribution < -0.4 is 21.7 Å². The van der Waals surface area contributed by atoms with E-state index in [-0.39, 0.29) is 30.2 Å². The van der Waals surface area contributed by atoms with E-state index in [4.69, 9.17) is 5.73 Å². The topological polar surface area (TPSA) is 113 Å². The van der Waals surface area contributed by atoms with Gasteiger partial charge < -0.3 is 21.7 Å². The number of carbonyl (C=O) groups excluding carboxylic acids is 3. The maximum atomic E-state index is 12.1. The zero-order valence-corrected chi connectivity index (χ0v) is 16.5. The molecule has 1 aliphatic carbocycles. The molecule has 0 aromatic heterocycles. The third-order valence-corrected chi connectivity index (χ3v) is 4.78. The normalized spacial score (nSPS) is 17.4. The summed E-state index contributed by atoms with van der Waals surface area (Å²) in [7, 11) is 0. The molecule has 1 fully saturated rings. The SMILES string of the molecule is CCNC(=O)[C@H](CC(C)C)NC(=O)CNC(=O)[C@@H](N)CC1CCCCC1. The summed E-state index contributed by atoms with van der Waals surface area (Å²) in [6.07, 6.45) is 7.16. The van der Waals surface area contributed by atoms with E-state index in [1.807, 2.05) is 20.8 Å². The second kappa shape index (κ2) is 11.9. The lowest BCUT2D eigenvalue weighted by atomic mass is 9.85. The van der Waals surface area contributed by atoms with Crippen LogP contribution in [0.5, 0.6) is 0 Å². The molecule has 0 spiro atoms. The zero-order valence-electron chi connectivity index (χ0n) is 16.5. The minimum Gasteiger partial charge on any atom is -0.355 e. The highest BCUT2D eigenvalue weighted by Gasteiger charge is 2.23. The smallest absolute Gasteiger partial charge is 0.242 e. The standard InChI is InChI=1S/C19H36N4O3/c1-4-21-19(26)16(10-13(2)3)23-17(24)12-22-18(25)15(20)11-14-8-6-5-7-9-14/h13-16H,4-12,20H2,1-3H3,(H,21,26)(H,22,25)(H,23,24)/t15-,16-/m0/s1. The van der Waals surface area contributed by atoms with Gasteiger partial charge in [-0.25, -0.2) is 0 Å². The Kier molecular flexibility index (Phi) is 10.2. The van der Waals surface area contributed by atoms with Crippen molar-refractivity contribution in [3.05, 3.63) is 0 Å². The van der Waals surface area contributed by atoms with Gasteiger partial charge in [-0.1, -0.05) is 46.0 Å². The molecule has 0 unspecified atom stereocenters. The van der Waals surface area contributed by atoms with Crippen LogP contribution in [-0.2, 0) is 14.4 Å². The Labute approximate surface area is 157 Å². The van der Waals surface area contributed by atoms with Crippen LogP contribution in [0.25, 0.3) is 0 Å². The molecule has 2 atom stereocenters. The molecule has 1 aliphatic rings. The molecule has 7 nitrogen and oxygen atoms in total. The van der Waals surface area contributed by atoms with Crippen molar-refractivity contribution in [1.29, 1.82) is 0 Å². The van der Waals surface area contributed by atoms with Crippen LogP contribution >= 0.6 is 0 Å². The van der Waals surface area contributed by atoms with Crippen molar-refractivity contribution in [2.45, 2.75) is 77.8 Å². The van der Waals surface area contributed by atoms with E-state index in [0.29, 0.717) is 25.3 Å². The molecule has 1 saturated carbocycles. The highest BCUT2D eigenvalue weighted by molar-refractivity contribution is 5.91. The van der Waals surface area contributed by atoms with Gasteiger partial charge in [0.25, 0.3) is 0 Å². The number of hydrogen-bond acceptors (Lipinski definition) is 4. The molecule has 0 aromatic carbocycles. The van der Waals surface area contributed by atoms with E-state index >= 15 is 0 Å². The minimum absolute atomic E-state index is 0.162. The van der Waals surface area contributed by atoms with Gasteiger partial charge in [0.2, 0.25) is 17.7 Å². The molecule has 1 rings (SSSR count). The maximum absolute atomic E-state index is 12.1. The number of hydrogen-bond donors (Lipinski definition) is 4. The van der Waals surface area contributed by atoms with Gasteiger partial charge in [0.05, 0.1) is 12.6 Å². The summed E-state index contributed by atoms with van der Waals surface area (Å²) < 4.78 is 0. The Morgan fingerprint density at radius 1 is 1.04 bits per heavy atom. The van der Waals surface area contributed by atoms with Crippen LogP contribution in [0.15, 0.2) is 0 Å². The second-order valence-corrected chi connectivity index (χ2v) is 7.71. The average Bonchev–Trinajstić information content (AvgIpc) is 2.59. The summed E-state index contributed by atoms with van der Waals surface area (Å²) in [5.41, 5.74) is 5.98. The van der Waals surface area contributed by atoms with Crippen LogP contribution in [-0.4, -0.2) is 42.9 Å². The van der Waals surface area contributed by atoms with Crippen molar-refractivity contribution >= 4 is 17.7 Å². The number of amides is 3. The Morgan fingerprint density at radius 3 is 2.27 bits per heavy atom. The second-order valence-electron chi connectivity index (χ2n) is 7.71. The van der Waals surface area contributed by atoms with Crippen molar-refractivity contribution in [2.24, 2.45) is 17.6 Å². The van der Waals surface area contributed by atoms with Crippen molar-refractivity contribution in [1.82, 2.24) is 16.0 Å². The molecule has 5 N–H and O–H groups in total. The summed E-state index contributed by atoms with van der Waals surface area (Å²) in [5.74, 6) is -0.105. The molecule has 7 heteroatoms. The predicted molar refractivity (Wildman–Crippen MR) is 102 cm³/mol. The highest BCUT2D eigenvalue weighted by Crippen LogP contribution is 2.26. The van der Waals surface area contributed by atoms with Gasteiger partial charge in [-0.15, -0.1) is 0 Å². The first kappa shape index (κ1) is 22.4. The lowest BCUT2D eigenvalue weighted by Gasteiger charge is -2.24. The molecule has 26 heavy (non-hydrogen) atoms. The van der Waals surface area contributed by atoms with Crippen LogP contribution in [0.4, 0.5) is 0 Å². The lowest BCUT2D eigenvalue weighted by molar-refractivity contribution is -0.130. The van der Waals surface area contributed by atoms with Gasteiger partial charge in [0.15, 0.2) is 0 Å². The van der Waals surface area contributed by atoms with Crippen molar-refractivity contribution in [3.63, 3.8) is 0 Å². The molecule has 0 radical (unpaired) electrons. The number of rotatable bonds is 10. The van der Waals surface area contributed by atoms with Gasteiger partial charge in [0, 0.05) is 6.54 Å². The average molecular weight is 369 g/mol. The van der Waals surface area contributed by atoms with E-state index < -0.39 is 12.1 Å². The van der Waals surface area contributed by atoms with Gasteiger partial charge in [-0.3, -0.25) is 14.4 Å². The Morgan fingerprint density at radius 2 is 1.69 bits per heavy atom. The van der Waals surface area contributed by atoms with E-state index in [0.717, 1.165) is 12.8 Å². The lowest BCUT2D eigenvalue weighted by Crippen LogP contribution is -2.51. The van der Waals surface area contributed by atoms with Crippen molar-refractivity contribution in [3.8, 4) is 0 Å². The summed E-state index contributed by atoms with van der Waals surface area (Å²) in [6.45, 7) is 6.16. The Balaban J connectivity index is 2.39. The van der Waals surface area contributed by atoms with E-state index in [1.165, 1.54) is 19.3 Å². The molecule has 150 valence electrons. The maximum Gasteiger partial charge on any atom is 0.242 e. The Bertz CT molecular complexity index is 462. The fourth-order valence-electron chi connectivity index (χ4n) is 3.43. The molecule has 0 saturated heterocycles. The largest absolute Gasteiger partial charge is 0.355 e. The molecular weight excluding hydrogens is 332 g/mol. The van der Waals surface area contributed by atoms with E-state index in [2.05, 4.69) is 16.0 Å². The molecule has 0 aliphatic heterocycles. The minimum atomic E-state index is -0.588. The van der Waals surface area contributed by atoms with Crippen LogP contribution in [0.1, 0.15) is 65.7 Å². The van der Waals surface area contributed by atoms with Gasteiger partial charge in [0.1, 0.15) is 6.04 Å². The summed E-state index contributed by atoms with van der Waals surface area (Å²) >= 11 is 0. The quantitative estimate of drug-likeness (QED) is 0.462. The first-order valence-electron chi connectivity index (χ1n) is 9.93. The van der Waals surface area contributed by atoms with Crippen molar-refractivity contribution in [2.75, 3.05) is 13.1 Å². The first-order valence-corrected chi connectivity index (χ1v) is 9.93. The Hall–Kier alpha value is -1.63.